The Morgan fingerprint density at radius 3 is 1.89 bits per heavy atom. The van der Waals surface area contributed by atoms with Gasteiger partial charge in [-0.2, -0.15) is 0 Å². The molecule has 2 unspecified atom stereocenters. The van der Waals surface area contributed by atoms with E-state index in [-0.39, 0.29) is 0 Å². The number of benzene rings is 1. The molecule has 0 saturated heterocycles. The van der Waals surface area contributed by atoms with Crippen molar-refractivity contribution in [2.45, 2.75) is 18.2 Å². The highest BCUT2D eigenvalue weighted by atomic mass is 32.2. The minimum atomic E-state index is -3.20. The molecular formula is C12H19NO4S. The summed E-state index contributed by atoms with van der Waals surface area (Å²) in [6, 6.07) is 4.52. The number of rotatable bonds is 5. The Bertz CT molecular complexity index is 491. The summed E-state index contributed by atoms with van der Waals surface area (Å²) < 4.78 is 33.3. The maximum Gasteiger partial charge on any atom is 0.151 e. The first kappa shape index (κ1) is 14.8. The highest BCUT2D eigenvalue weighted by Crippen LogP contribution is 2.28. The predicted octanol–water partition coefficient (Wildman–Crippen LogP) is 1.14. The van der Waals surface area contributed by atoms with Crippen molar-refractivity contribution in [1.29, 1.82) is 0 Å². The molecule has 0 radical (unpaired) electrons. The second kappa shape index (κ2) is 5.58. The highest BCUT2D eigenvalue weighted by molar-refractivity contribution is 7.91. The van der Waals surface area contributed by atoms with Gasteiger partial charge in [0, 0.05) is 18.4 Å². The molecule has 1 aromatic carbocycles. The van der Waals surface area contributed by atoms with Crippen molar-refractivity contribution in [2.24, 2.45) is 5.73 Å². The van der Waals surface area contributed by atoms with E-state index >= 15 is 0 Å². The molecule has 1 rings (SSSR count). The molecule has 2 atom stereocenters. The summed E-state index contributed by atoms with van der Waals surface area (Å²) in [6.45, 7) is 1.59. The Morgan fingerprint density at radius 2 is 1.56 bits per heavy atom. The number of hydrogen-bond acceptors (Lipinski definition) is 5. The summed E-state index contributed by atoms with van der Waals surface area (Å²) in [4.78, 5) is 0. The minimum absolute atomic E-state index is 0.584. The molecule has 0 spiro atoms. The predicted molar refractivity (Wildman–Crippen MR) is 70.8 cm³/mol. The third-order valence-corrected chi connectivity index (χ3v) is 4.58. The van der Waals surface area contributed by atoms with E-state index in [2.05, 4.69) is 0 Å². The van der Waals surface area contributed by atoms with Gasteiger partial charge in [0.15, 0.2) is 9.84 Å². The van der Waals surface area contributed by atoms with E-state index in [9.17, 15) is 8.42 Å². The molecule has 0 heterocycles. The number of methoxy groups -OCH3 is 2. The van der Waals surface area contributed by atoms with Gasteiger partial charge in [0.1, 0.15) is 11.5 Å². The Kier molecular flexibility index (Phi) is 4.59. The smallest absolute Gasteiger partial charge is 0.151 e. The summed E-state index contributed by atoms with van der Waals surface area (Å²) in [6.07, 6.45) is 1.18. The lowest BCUT2D eigenvalue weighted by Gasteiger charge is -2.20. The first-order valence-electron chi connectivity index (χ1n) is 5.47. The van der Waals surface area contributed by atoms with Crippen LogP contribution in [-0.2, 0) is 9.84 Å². The monoisotopic (exact) mass is 273 g/mol. The standard InChI is InChI=1S/C12H19NO4S/c1-8(18(4,14)15)12(13)9-5-10(16-2)7-11(6-9)17-3/h5-8,12H,13H2,1-4H3. The van der Waals surface area contributed by atoms with Crippen LogP contribution in [0.25, 0.3) is 0 Å². The first-order chi connectivity index (χ1) is 8.29. The molecule has 2 N–H and O–H groups in total. The summed E-state index contributed by atoms with van der Waals surface area (Å²) in [7, 11) is -0.132. The topological polar surface area (TPSA) is 78.6 Å². The molecule has 0 aliphatic heterocycles. The van der Waals surface area contributed by atoms with Crippen LogP contribution in [0.3, 0.4) is 0 Å². The SMILES string of the molecule is COc1cc(OC)cc(C(N)C(C)S(C)(=O)=O)c1. The third kappa shape index (κ3) is 3.36. The number of hydrogen-bond donors (Lipinski definition) is 1. The number of ether oxygens (including phenoxy) is 2. The summed E-state index contributed by atoms with van der Waals surface area (Å²) >= 11 is 0. The maximum atomic E-state index is 11.5. The fourth-order valence-corrected chi connectivity index (χ4v) is 2.25. The van der Waals surface area contributed by atoms with E-state index in [1.165, 1.54) is 20.5 Å². The van der Waals surface area contributed by atoms with Crippen molar-refractivity contribution in [1.82, 2.24) is 0 Å². The van der Waals surface area contributed by atoms with E-state index in [0.717, 1.165) is 0 Å². The number of sulfone groups is 1. The first-order valence-corrected chi connectivity index (χ1v) is 7.42. The van der Waals surface area contributed by atoms with Crippen LogP contribution in [0, 0.1) is 0 Å². The van der Waals surface area contributed by atoms with Crippen molar-refractivity contribution in [3.8, 4) is 11.5 Å². The Hall–Kier alpha value is -1.27. The van der Waals surface area contributed by atoms with Crippen molar-refractivity contribution in [3.05, 3.63) is 23.8 Å². The lowest BCUT2D eigenvalue weighted by atomic mass is 10.0. The molecule has 0 bridgehead atoms. The maximum absolute atomic E-state index is 11.5. The molecule has 0 saturated carbocycles. The zero-order valence-electron chi connectivity index (χ0n) is 11.0. The Balaban J connectivity index is 3.16. The van der Waals surface area contributed by atoms with Gasteiger partial charge in [0.05, 0.1) is 19.5 Å². The van der Waals surface area contributed by atoms with Gasteiger partial charge in [0.25, 0.3) is 0 Å². The van der Waals surface area contributed by atoms with Crippen molar-refractivity contribution >= 4 is 9.84 Å². The largest absolute Gasteiger partial charge is 0.497 e. The van der Waals surface area contributed by atoms with E-state index in [0.29, 0.717) is 17.1 Å². The molecule has 6 heteroatoms. The normalized spacial score (nSPS) is 14.9. The summed E-state index contributed by atoms with van der Waals surface area (Å²) in [5.41, 5.74) is 6.65. The van der Waals surface area contributed by atoms with Crippen LogP contribution >= 0.6 is 0 Å². The molecule has 5 nitrogen and oxygen atoms in total. The highest BCUT2D eigenvalue weighted by Gasteiger charge is 2.24. The lowest BCUT2D eigenvalue weighted by Crippen LogP contribution is -2.30. The average molecular weight is 273 g/mol. The van der Waals surface area contributed by atoms with E-state index < -0.39 is 21.1 Å². The Labute approximate surface area is 108 Å². The summed E-state index contributed by atoms with van der Waals surface area (Å²) in [5.74, 6) is 1.17. The van der Waals surface area contributed by atoms with Crippen LogP contribution in [0.15, 0.2) is 18.2 Å². The quantitative estimate of drug-likeness (QED) is 0.870. The van der Waals surface area contributed by atoms with Crippen molar-refractivity contribution in [3.63, 3.8) is 0 Å². The zero-order valence-corrected chi connectivity index (χ0v) is 11.8. The second-order valence-electron chi connectivity index (χ2n) is 4.21. The fraction of sp³-hybridized carbons (Fsp3) is 0.500. The molecule has 0 fully saturated rings. The Morgan fingerprint density at radius 1 is 1.11 bits per heavy atom. The van der Waals surface area contributed by atoms with Crippen LogP contribution in [-0.4, -0.2) is 34.1 Å². The van der Waals surface area contributed by atoms with Gasteiger partial charge in [-0.05, 0) is 24.6 Å². The molecule has 18 heavy (non-hydrogen) atoms. The van der Waals surface area contributed by atoms with Crippen LogP contribution < -0.4 is 15.2 Å². The van der Waals surface area contributed by atoms with Gasteiger partial charge in [0.2, 0.25) is 0 Å². The van der Waals surface area contributed by atoms with Gasteiger partial charge in [-0.1, -0.05) is 0 Å². The van der Waals surface area contributed by atoms with Gasteiger partial charge in [-0.3, -0.25) is 0 Å². The molecule has 0 amide bonds. The van der Waals surface area contributed by atoms with Crippen molar-refractivity contribution < 1.29 is 17.9 Å². The molecular weight excluding hydrogens is 254 g/mol. The minimum Gasteiger partial charge on any atom is -0.497 e. The van der Waals surface area contributed by atoms with E-state index in [1.54, 1.807) is 25.1 Å². The van der Waals surface area contributed by atoms with Crippen LogP contribution in [0.1, 0.15) is 18.5 Å². The molecule has 102 valence electrons. The van der Waals surface area contributed by atoms with Crippen molar-refractivity contribution in [2.75, 3.05) is 20.5 Å². The lowest BCUT2D eigenvalue weighted by molar-refractivity contribution is 0.392. The van der Waals surface area contributed by atoms with Crippen LogP contribution in [0.2, 0.25) is 0 Å². The third-order valence-electron chi connectivity index (χ3n) is 2.94. The van der Waals surface area contributed by atoms with Crippen LogP contribution in [0.5, 0.6) is 11.5 Å². The van der Waals surface area contributed by atoms with Gasteiger partial charge in [-0.25, -0.2) is 8.42 Å². The van der Waals surface area contributed by atoms with Gasteiger partial charge < -0.3 is 15.2 Å². The average Bonchev–Trinajstić information content (AvgIpc) is 2.35. The molecule has 0 aliphatic carbocycles. The molecule has 1 aromatic rings. The number of nitrogens with two attached hydrogens (primary N) is 1. The van der Waals surface area contributed by atoms with E-state index in [1.807, 2.05) is 0 Å². The van der Waals surface area contributed by atoms with E-state index in [4.69, 9.17) is 15.2 Å². The molecule has 0 aliphatic rings. The van der Waals surface area contributed by atoms with Gasteiger partial charge in [-0.15, -0.1) is 0 Å². The zero-order chi connectivity index (χ0) is 13.9. The van der Waals surface area contributed by atoms with Crippen LogP contribution in [0.4, 0.5) is 0 Å². The fourth-order valence-electron chi connectivity index (χ4n) is 1.56. The second-order valence-corrected chi connectivity index (χ2v) is 6.61. The molecule has 0 aromatic heterocycles. The van der Waals surface area contributed by atoms with Gasteiger partial charge >= 0.3 is 0 Å². The summed E-state index contributed by atoms with van der Waals surface area (Å²) in [5, 5.41) is -0.672.